The third kappa shape index (κ3) is 3.64. The zero-order valence-electron chi connectivity index (χ0n) is 14.7. The van der Waals surface area contributed by atoms with E-state index in [1.54, 1.807) is 0 Å². The van der Waals surface area contributed by atoms with Crippen LogP contribution in [0.2, 0.25) is 0 Å². The van der Waals surface area contributed by atoms with Gasteiger partial charge in [0.05, 0.1) is 9.82 Å². The molecule has 0 saturated carbocycles. The van der Waals surface area contributed by atoms with Crippen molar-refractivity contribution in [2.45, 2.75) is 43.5 Å². The van der Waals surface area contributed by atoms with Crippen molar-refractivity contribution in [2.24, 2.45) is 0 Å². The molecular formula is C19H22N2O4S. The van der Waals surface area contributed by atoms with Gasteiger partial charge in [0, 0.05) is 24.2 Å². The Balaban J connectivity index is 1.96. The van der Waals surface area contributed by atoms with E-state index in [0.29, 0.717) is 13.0 Å². The lowest BCUT2D eigenvalue weighted by Crippen LogP contribution is -2.44. The second-order valence-electron chi connectivity index (χ2n) is 6.61. The fraction of sp³-hybridized carbons (Fsp3) is 0.368. The number of hydrogen-bond donors (Lipinski definition) is 0. The summed E-state index contributed by atoms with van der Waals surface area (Å²) in [6, 6.07) is 13.9. The van der Waals surface area contributed by atoms with Gasteiger partial charge in [0.25, 0.3) is 5.69 Å². The monoisotopic (exact) mass is 374 g/mol. The molecule has 0 aromatic heterocycles. The predicted octanol–water partition coefficient (Wildman–Crippen LogP) is 3.69. The van der Waals surface area contributed by atoms with E-state index >= 15 is 0 Å². The Morgan fingerprint density at radius 3 is 2.54 bits per heavy atom. The Hall–Kier alpha value is -2.25. The first-order valence-corrected chi connectivity index (χ1v) is 10.1. The first-order chi connectivity index (χ1) is 12.4. The minimum atomic E-state index is -3.79. The van der Waals surface area contributed by atoms with Crippen LogP contribution in [0.1, 0.15) is 30.4 Å². The number of benzene rings is 2. The molecular weight excluding hydrogens is 352 g/mol. The van der Waals surface area contributed by atoms with Crippen LogP contribution in [0.25, 0.3) is 0 Å². The molecule has 0 bridgehead atoms. The van der Waals surface area contributed by atoms with E-state index in [-0.39, 0.29) is 22.2 Å². The van der Waals surface area contributed by atoms with Crippen molar-refractivity contribution in [3.05, 3.63) is 69.8 Å². The standard InChI is InChI=1S/C19H22N2O4S/c1-15-18(21(22)23)11-7-12-19(15)26(24,25)20-13-6-5-10-17(20)14-16-8-3-2-4-9-16/h2-4,7-9,11-12,17H,5-6,10,13-14H2,1H3. The highest BCUT2D eigenvalue weighted by Crippen LogP contribution is 2.31. The molecule has 2 aromatic rings. The molecule has 7 heteroatoms. The van der Waals surface area contributed by atoms with E-state index in [4.69, 9.17) is 0 Å². The van der Waals surface area contributed by atoms with Gasteiger partial charge in [-0.3, -0.25) is 10.1 Å². The highest BCUT2D eigenvalue weighted by atomic mass is 32.2. The molecule has 0 N–H and O–H groups in total. The number of nitrogens with zero attached hydrogens (tertiary/aromatic N) is 2. The van der Waals surface area contributed by atoms with Crippen molar-refractivity contribution >= 4 is 15.7 Å². The molecule has 1 unspecified atom stereocenters. The normalized spacial score (nSPS) is 18.6. The summed E-state index contributed by atoms with van der Waals surface area (Å²) in [7, 11) is -3.79. The predicted molar refractivity (Wildman–Crippen MR) is 99.5 cm³/mol. The van der Waals surface area contributed by atoms with Crippen LogP contribution in [0.4, 0.5) is 5.69 Å². The van der Waals surface area contributed by atoms with Crippen LogP contribution in [0.3, 0.4) is 0 Å². The second kappa shape index (κ2) is 7.55. The maximum absolute atomic E-state index is 13.3. The van der Waals surface area contributed by atoms with Crippen molar-refractivity contribution in [2.75, 3.05) is 6.54 Å². The molecule has 1 fully saturated rings. The van der Waals surface area contributed by atoms with E-state index in [2.05, 4.69) is 0 Å². The number of sulfonamides is 1. The summed E-state index contributed by atoms with van der Waals surface area (Å²) >= 11 is 0. The Bertz CT molecular complexity index is 897. The van der Waals surface area contributed by atoms with Crippen LogP contribution in [0, 0.1) is 17.0 Å². The Morgan fingerprint density at radius 2 is 1.85 bits per heavy atom. The quantitative estimate of drug-likeness (QED) is 0.590. The average Bonchev–Trinajstić information content (AvgIpc) is 2.62. The summed E-state index contributed by atoms with van der Waals surface area (Å²) in [5.74, 6) is 0. The summed E-state index contributed by atoms with van der Waals surface area (Å²) in [6.45, 7) is 1.95. The highest BCUT2D eigenvalue weighted by molar-refractivity contribution is 7.89. The van der Waals surface area contributed by atoms with E-state index < -0.39 is 14.9 Å². The molecule has 1 saturated heterocycles. The molecule has 0 aliphatic carbocycles. The van der Waals surface area contributed by atoms with E-state index in [9.17, 15) is 18.5 Å². The molecule has 1 atom stereocenters. The van der Waals surface area contributed by atoms with Gasteiger partial charge in [0.2, 0.25) is 10.0 Å². The Morgan fingerprint density at radius 1 is 1.12 bits per heavy atom. The van der Waals surface area contributed by atoms with Crippen molar-refractivity contribution in [3.63, 3.8) is 0 Å². The van der Waals surface area contributed by atoms with Crippen molar-refractivity contribution in [1.29, 1.82) is 0 Å². The van der Waals surface area contributed by atoms with Crippen molar-refractivity contribution < 1.29 is 13.3 Å². The maximum Gasteiger partial charge on any atom is 0.273 e. The maximum atomic E-state index is 13.3. The summed E-state index contributed by atoms with van der Waals surface area (Å²) < 4.78 is 28.1. The van der Waals surface area contributed by atoms with Gasteiger partial charge in [-0.25, -0.2) is 8.42 Å². The lowest BCUT2D eigenvalue weighted by atomic mass is 9.98. The van der Waals surface area contributed by atoms with Crippen LogP contribution < -0.4 is 0 Å². The fourth-order valence-electron chi connectivity index (χ4n) is 3.59. The van der Waals surface area contributed by atoms with Crippen LogP contribution in [0.15, 0.2) is 53.4 Å². The van der Waals surface area contributed by atoms with Gasteiger partial charge in [-0.15, -0.1) is 0 Å². The number of nitro groups is 1. The topological polar surface area (TPSA) is 80.5 Å². The highest BCUT2D eigenvalue weighted by Gasteiger charge is 2.35. The van der Waals surface area contributed by atoms with Crippen molar-refractivity contribution in [3.8, 4) is 0 Å². The van der Waals surface area contributed by atoms with Crippen molar-refractivity contribution in [1.82, 2.24) is 4.31 Å². The molecule has 3 rings (SSSR count). The molecule has 1 aliphatic rings. The van der Waals surface area contributed by atoms with Crippen LogP contribution in [-0.4, -0.2) is 30.2 Å². The largest absolute Gasteiger partial charge is 0.273 e. The minimum absolute atomic E-state index is 0.0339. The molecule has 6 nitrogen and oxygen atoms in total. The van der Waals surface area contributed by atoms with Crippen LogP contribution in [-0.2, 0) is 16.4 Å². The minimum Gasteiger partial charge on any atom is -0.258 e. The second-order valence-corrected chi connectivity index (χ2v) is 8.47. The van der Waals surface area contributed by atoms with Gasteiger partial charge < -0.3 is 0 Å². The lowest BCUT2D eigenvalue weighted by Gasteiger charge is -2.35. The third-order valence-corrected chi connectivity index (χ3v) is 7.02. The average molecular weight is 374 g/mol. The summed E-state index contributed by atoms with van der Waals surface area (Å²) in [5, 5.41) is 11.2. The zero-order valence-corrected chi connectivity index (χ0v) is 15.5. The molecule has 1 heterocycles. The SMILES string of the molecule is Cc1c([N+](=O)[O-])cccc1S(=O)(=O)N1CCCCC1Cc1ccccc1. The molecule has 2 aromatic carbocycles. The molecule has 138 valence electrons. The van der Waals surface area contributed by atoms with Crippen LogP contribution in [0.5, 0.6) is 0 Å². The van der Waals surface area contributed by atoms with Gasteiger partial charge in [-0.2, -0.15) is 4.31 Å². The fourth-order valence-corrected chi connectivity index (χ4v) is 5.52. The smallest absolute Gasteiger partial charge is 0.258 e. The number of nitro benzene ring substituents is 1. The van der Waals surface area contributed by atoms with E-state index in [0.717, 1.165) is 24.8 Å². The lowest BCUT2D eigenvalue weighted by molar-refractivity contribution is -0.385. The zero-order chi connectivity index (χ0) is 18.7. The van der Waals surface area contributed by atoms with Gasteiger partial charge in [0.15, 0.2) is 0 Å². The summed E-state index contributed by atoms with van der Waals surface area (Å²) in [5.41, 5.74) is 1.12. The summed E-state index contributed by atoms with van der Waals surface area (Å²) in [6.07, 6.45) is 3.23. The number of hydrogen-bond acceptors (Lipinski definition) is 4. The van der Waals surface area contributed by atoms with E-state index in [1.165, 1.54) is 29.4 Å². The van der Waals surface area contributed by atoms with Gasteiger partial charge in [0.1, 0.15) is 0 Å². The first-order valence-electron chi connectivity index (χ1n) is 8.71. The molecule has 26 heavy (non-hydrogen) atoms. The Kier molecular flexibility index (Phi) is 5.38. The molecule has 0 radical (unpaired) electrons. The number of rotatable bonds is 5. The molecule has 0 amide bonds. The summed E-state index contributed by atoms with van der Waals surface area (Å²) in [4.78, 5) is 10.7. The molecule has 0 spiro atoms. The van der Waals surface area contributed by atoms with E-state index in [1.807, 2.05) is 30.3 Å². The van der Waals surface area contributed by atoms with Gasteiger partial charge in [-0.05, 0) is 37.8 Å². The van der Waals surface area contributed by atoms with Crippen LogP contribution >= 0.6 is 0 Å². The third-order valence-electron chi connectivity index (χ3n) is 4.93. The first kappa shape index (κ1) is 18.5. The number of piperidine rings is 1. The van der Waals surface area contributed by atoms with Gasteiger partial charge >= 0.3 is 0 Å². The van der Waals surface area contributed by atoms with Gasteiger partial charge in [-0.1, -0.05) is 42.8 Å². The molecule has 1 aliphatic heterocycles. The Labute approximate surface area is 153 Å².